The Labute approximate surface area is 183 Å². The van der Waals surface area contributed by atoms with Gasteiger partial charge in [0.1, 0.15) is 11.4 Å². The van der Waals surface area contributed by atoms with Crippen molar-refractivity contribution < 1.29 is 19.1 Å². The van der Waals surface area contributed by atoms with Crippen molar-refractivity contribution in [3.63, 3.8) is 0 Å². The Kier molecular flexibility index (Phi) is 5.94. The van der Waals surface area contributed by atoms with Crippen molar-refractivity contribution in [3.8, 4) is 34.2 Å². The van der Waals surface area contributed by atoms with E-state index in [4.69, 9.17) is 9.47 Å². The van der Waals surface area contributed by atoms with E-state index in [9.17, 15) is 9.59 Å². The summed E-state index contributed by atoms with van der Waals surface area (Å²) in [6.07, 6.45) is 3.24. The van der Waals surface area contributed by atoms with Gasteiger partial charge in [-0.1, -0.05) is 12.1 Å². The first kappa shape index (κ1) is 20.8. The van der Waals surface area contributed by atoms with Crippen LogP contribution in [0.1, 0.15) is 20.7 Å². The van der Waals surface area contributed by atoms with E-state index in [0.29, 0.717) is 34.2 Å². The summed E-state index contributed by atoms with van der Waals surface area (Å²) in [5.74, 6) is -1.04. The Morgan fingerprint density at radius 2 is 1.03 bits per heavy atom. The number of pyridine rings is 4. The molecule has 4 rings (SSSR count). The number of hydrogen-bond acceptors (Lipinski definition) is 8. The minimum absolute atomic E-state index is 0.283. The van der Waals surface area contributed by atoms with Crippen molar-refractivity contribution in [2.75, 3.05) is 14.2 Å². The summed E-state index contributed by atoms with van der Waals surface area (Å²) >= 11 is 0. The van der Waals surface area contributed by atoms with Crippen molar-refractivity contribution in [3.05, 3.63) is 84.2 Å². The van der Waals surface area contributed by atoms with Crippen LogP contribution < -0.4 is 0 Å². The first-order valence-electron chi connectivity index (χ1n) is 9.64. The summed E-state index contributed by atoms with van der Waals surface area (Å²) in [5.41, 5.74) is 3.33. The predicted molar refractivity (Wildman–Crippen MR) is 117 cm³/mol. The van der Waals surface area contributed by atoms with E-state index >= 15 is 0 Å². The van der Waals surface area contributed by atoms with E-state index < -0.39 is 11.9 Å². The second-order valence-corrected chi connectivity index (χ2v) is 6.60. The Hall–Kier alpha value is -4.46. The van der Waals surface area contributed by atoms with Crippen LogP contribution in [-0.2, 0) is 9.47 Å². The second-order valence-electron chi connectivity index (χ2n) is 6.60. The van der Waals surface area contributed by atoms with Gasteiger partial charge in [0.25, 0.3) is 0 Å². The van der Waals surface area contributed by atoms with Crippen molar-refractivity contribution in [1.82, 2.24) is 19.9 Å². The minimum atomic E-state index is -0.520. The molecule has 4 aromatic heterocycles. The van der Waals surface area contributed by atoms with E-state index in [0.717, 1.165) is 0 Å². The number of rotatable bonds is 5. The van der Waals surface area contributed by atoms with Crippen LogP contribution in [0.3, 0.4) is 0 Å². The number of methoxy groups -OCH3 is 2. The van der Waals surface area contributed by atoms with Gasteiger partial charge in [0.05, 0.1) is 48.1 Å². The molecule has 4 aromatic rings. The number of esters is 2. The van der Waals surface area contributed by atoms with Crippen molar-refractivity contribution >= 4 is 11.9 Å². The maximum atomic E-state index is 12.3. The molecule has 0 saturated heterocycles. The smallest absolute Gasteiger partial charge is 0.340 e. The Morgan fingerprint density at radius 1 is 0.594 bits per heavy atom. The fourth-order valence-electron chi connectivity index (χ4n) is 3.15. The number of carbonyl (C=O) groups excluding carboxylic acids is 2. The third-order valence-corrected chi connectivity index (χ3v) is 4.68. The standard InChI is InChI=1S/C24H18N4O4/c1-31-23(29)15-9-11-17(27-21(15)19-7-3-5-13-25-19)18-12-10-16(24(30)32-2)22(28-18)20-8-4-6-14-26-20/h3-14H,1-2H3. The quantitative estimate of drug-likeness (QED) is 0.443. The summed E-state index contributed by atoms with van der Waals surface area (Å²) in [6, 6.07) is 17.2. The third-order valence-electron chi connectivity index (χ3n) is 4.68. The predicted octanol–water partition coefficient (Wildman–Crippen LogP) is 3.84. The lowest BCUT2D eigenvalue weighted by Crippen LogP contribution is -2.08. The highest BCUT2D eigenvalue weighted by atomic mass is 16.5. The molecule has 0 aliphatic carbocycles. The highest BCUT2D eigenvalue weighted by Gasteiger charge is 2.20. The molecule has 0 spiro atoms. The fourth-order valence-corrected chi connectivity index (χ4v) is 3.15. The van der Waals surface area contributed by atoms with Gasteiger partial charge < -0.3 is 9.47 Å². The van der Waals surface area contributed by atoms with Gasteiger partial charge in [0, 0.05) is 12.4 Å². The number of nitrogens with zero attached hydrogens (tertiary/aromatic N) is 4. The van der Waals surface area contributed by atoms with Crippen LogP contribution >= 0.6 is 0 Å². The van der Waals surface area contributed by atoms with Gasteiger partial charge >= 0.3 is 11.9 Å². The van der Waals surface area contributed by atoms with E-state index in [1.807, 2.05) is 0 Å². The van der Waals surface area contributed by atoms with E-state index in [-0.39, 0.29) is 11.1 Å². The molecule has 0 saturated carbocycles. The molecule has 0 aromatic carbocycles. The maximum Gasteiger partial charge on any atom is 0.340 e. The number of carbonyl (C=O) groups is 2. The Balaban J connectivity index is 1.88. The van der Waals surface area contributed by atoms with E-state index in [1.165, 1.54) is 14.2 Å². The van der Waals surface area contributed by atoms with Gasteiger partial charge in [-0.15, -0.1) is 0 Å². The SMILES string of the molecule is COC(=O)c1ccc(-c2ccc(C(=O)OC)c(-c3ccccn3)n2)nc1-c1ccccn1. The lowest BCUT2D eigenvalue weighted by molar-refractivity contribution is 0.0592. The number of hydrogen-bond donors (Lipinski definition) is 0. The molecule has 0 aliphatic heterocycles. The Morgan fingerprint density at radius 3 is 1.38 bits per heavy atom. The topological polar surface area (TPSA) is 104 Å². The summed E-state index contributed by atoms with van der Waals surface area (Å²) in [5, 5.41) is 0. The second kappa shape index (κ2) is 9.13. The summed E-state index contributed by atoms with van der Waals surface area (Å²) in [4.78, 5) is 42.5. The molecular weight excluding hydrogens is 408 g/mol. The van der Waals surface area contributed by atoms with Crippen LogP contribution in [0.4, 0.5) is 0 Å². The molecule has 158 valence electrons. The monoisotopic (exact) mass is 426 g/mol. The van der Waals surface area contributed by atoms with Crippen LogP contribution in [-0.4, -0.2) is 46.1 Å². The molecule has 4 heterocycles. The highest BCUT2D eigenvalue weighted by molar-refractivity contribution is 5.97. The fraction of sp³-hybridized carbons (Fsp3) is 0.0833. The van der Waals surface area contributed by atoms with Crippen LogP contribution in [0.2, 0.25) is 0 Å². The summed E-state index contributed by atoms with van der Waals surface area (Å²) in [6.45, 7) is 0. The largest absolute Gasteiger partial charge is 0.465 e. The van der Waals surface area contributed by atoms with Gasteiger partial charge in [-0.2, -0.15) is 0 Å². The van der Waals surface area contributed by atoms with Gasteiger partial charge in [-0.05, 0) is 48.5 Å². The summed E-state index contributed by atoms with van der Waals surface area (Å²) < 4.78 is 9.79. The van der Waals surface area contributed by atoms with Gasteiger partial charge in [-0.3, -0.25) is 9.97 Å². The van der Waals surface area contributed by atoms with E-state index in [1.54, 1.807) is 73.1 Å². The van der Waals surface area contributed by atoms with Crippen molar-refractivity contribution in [2.24, 2.45) is 0 Å². The highest BCUT2D eigenvalue weighted by Crippen LogP contribution is 2.28. The number of ether oxygens (including phenoxy) is 2. The zero-order chi connectivity index (χ0) is 22.5. The average Bonchev–Trinajstić information content (AvgIpc) is 2.88. The molecule has 0 atom stereocenters. The average molecular weight is 426 g/mol. The van der Waals surface area contributed by atoms with Crippen molar-refractivity contribution in [2.45, 2.75) is 0 Å². The molecule has 0 aliphatic rings. The molecule has 0 bridgehead atoms. The normalized spacial score (nSPS) is 10.4. The van der Waals surface area contributed by atoms with Gasteiger partial charge in [-0.25, -0.2) is 19.6 Å². The number of aromatic nitrogens is 4. The first-order valence-corrected chi connectivity index (χ1v) is 9.64. The van der Waals surface area contributed by atoms with Crippen LogP contribution in [0.5, 0.6) is 0 Å². The van der Waals surface area contributed by atoms with Gasteiger partial charge in [0.15, 0.2) is 0 Å². The zero-order valence-corrected chi connectivity index (χ0v) is 17.4. The molecule has 8 nitrogen and oxygen atoms in total. The molecule has 0 fully saturated rings. The van der Waals surface area contributed by atoms with Gasteiger partial charge in [0.2, 0.25) is 0 Å². The van der Waals surface area contributed by atoms with E-state index in [2.05, 4.69) is 19.9 Å². The molecule has 0 N–H and O–H groups in total. The van der Waals surface area contributed by atoms with Crippen LogP contribution in [0.15, 0.2) is 73.1 Å². The minimum Gasteiger partial charge on any atom is -0.465 e. The lowest BCUT2D eigenvalue weighted by Gasteiger charge is -2.11. The first-order chi connectivity index (χ1) is 15.6. The van der Waals surface area contributed by atoms with Crippen LogP contribution in [0, 0.1) is 0 Å². The molecule has 8 heteroatoms. The van der Waals surface area contributed by atoms with Crippen molar-refractivity contribution in [1.29, 1.82) is 0 Å². The molecule has 0 amide bonds. The Bertz CT molecular complexity index is 1180. The molecule has 0 radical (unpaired) electrons. The summed E-state index contributed by atoms with van der Waals surface area (Å²) in [7, 11) is 2.62. The zero-order valence-electron chi connectivity index (χ0n) is 17.4. The molecular formula is C24H18N4O4. The molecule has 0 unspecified atom stereocenters. The lowest BCUT2D eigenvalue weighted by atomic mass is 10.1. The third kappa shape index (κ3) is 4.06. The molecule has 32 heavy (non-hydrogen) atoms. The maximum absolute atomic E-state index is 12.3. The van der Waals surface area contributed by atoms with Crippen LogP contribution in [0.25, 0.3) is 34.2 Å².